The fraction of sp³-hybridized carbons (Fsp3) is 0.595. The third kappa shape index (κ3) is 7.73. The van der Waals surface area contributed by atoms with Gasteiger partial charge in [0.25, 0.3) is 5.91 Å². The van der Waals surface area contributed by atoms with Crippen molar-refractivity contribution in [2.45, 2.75) is 101 Å². The first-order chi connectivity index (χ1) is 25.1. The Morgan fingerprint density at radius 3 is 2.58 bits per heavy atom. The normalized spacial score (nSPS) is 30.4. The van der Waals surface area contributed by atoms with Crippen molar-refractivity contribution in [1.29, 1.82) is 0 Å². The van der Waals surface area contributed by atoms with Crippen LogP contribution in [0, 0.1) is 17.8 Å². The molecule has 2 saturated carbocycles. The van der Waals surface area contributed by atoms with E-state index in [1.807, 2.05) is 26.0 Å². The summed E-state index contributed by atoms with van der Waals surface area (Å²) in [4.78, 5) is 60.4. The minimum atomic E-state index is -4.01. The summed E-state index contributed by atoms with van der Waals surface area (Å²) in [5.74, 6) is -1.54. The molecular weight excluding hydrogens is 706 g/mol. The molecule has 4 aliphatic rings. The topological polar surface area (TPSA) is 203 Å². The summed E-state index contributed by atoms with van der Waals surface area (Å²) in [5.41, 5.74) is -1.55. The molecule has 0 spiro atoms. The van der Waals surface area contributed by atoms with E-state index < -0.39 is 74.1 Å². The maximum Gasteiger partial charge on any atom is 0.405 e. The van der Waals surface area contributed by atoms with E-state index in [1.54, 1.807) is 32.0 Å². The first-order valence-corrected chi connectivity index (χ1v) is 19.7. The van der Waals surface area contributed by atoms with Gasteiger partial charge in [-0.1, -0.05) is 26.0 Å². The summed E-state index contributed by atoms with van der Waals surface area (Å²) in [7, 11) is -2.49. The third-order valence-electron chi connectivity index (χ3n) is 11.1. The van der Waals surface area contributed by atoms with Gasteiger partial charge in [-0.25, -0.2) is 18.2 Å². The second-order valence-corrected chi connectivity index (χ2v) is 17.4. The van der Waals surface area contributed by atoms with Crippen LogP contribution in [0.2, 0.25) is 0 Å². The number of nitrogens with zero attached hydrogens (tertiary/aromatic N) is 2. The molecule has 288 valence electrons. The van der Waals surface area contributed by atoms with Gasteiger partial charge in [0, 0.05) is 23.1 Å². The summed E-state index contributed by atoms with van der Waals surface area (Å²) >= 11 is 0. The first kappa shape index (κ1) is 38.1. The number of methoxy groups -OCH3 is 1. The number of benzene rings is 1. The molecule has 6 rings (SSSR count). The average molecular weight is 756 g/mol. The number of pyridine rings is 1. The zero-order chi connectivity index (χ0) is 38.3. The fourth-order valence-corrected chi connectivity index (χ4v) is 8.88. The summed E-state index contributed by atoms with van der Waals surface area (Å²) in [6.45, 7) is 7.66. The number of sulfonamides is 1. The number of hydrogen-bond acceptors (Lipinski definition) is 10. The van der Waals surface area contributed by atoms with Crippen LogP contribution >= 0.6 is 0 Å². The molecule has 1 aromatic carbocycles. The predicted octanol–water partition coefficient (Wildman–Crippen LogP) is 3.51. The number of carbonyl (C=O) groups is 4. The van der Waals surface area contributed by atoms with Gasteiger partial charge < -0.3 is 34.9 Å². The van der Waals surface area contributed by atoms with Gasteiger partial charge >= 0.3 is 6.09 Å². The molecular formula is C37H49N5O10S. The third-order valence-corrected chi connectivity index (χ3v) is 13.3. The van der Waals surface area contributed by atoms with Gasteiger partial charge in [-0.2, -0.15) is 0 Å². The highest BCUT2D eigenvalue weighted by atomic mass is 32.2. The van der Waals surface area contributed by atoms with E-state index in [-0.39, 0.29) is 31.2 Å². The number of aromatic nitrogens is 1. The molecule has 2 aliphatic heterocycles. The van der Waals surface area contributed by atoms with Crippen LogP contribution in [0.4, 0.5) is 4.79 Å². The lowest BCUT2D eigenvalue weighted by Gasteiger charge is -2.32. The van der Waals surface area contributed by atoms with Gasteiger partial charge in [0.2, 0.25) is 27.7 Å². The van der Waals surface area contributed by atoms with Crippen molar-refractivity contribution in [3.05, 3.63) is 36.5 Å². The molecule has 0 radical (unpaired) electrons. The molecule has 4 N–H and O–H groups in total. The van der Waals surface area contributed by atoms with Crippen LogP contribution in [0.1, 0.15) is 72.6 Å². The van der Waals surface area contributed by atoms with E-state index in [0.29, 0.717) is 54.6 Å². The van der Waals surface area contributed by atoms with E-state index in [0.717, 1.165) is 6.42 Å². The average Bonchev–Trinajstić information content (AvgIpc) is 3.98. The highest BCUT2D eigenvalue weighted by Gasteiger charge is 2.63. The summed E-state index contributed by atoms with van der Waals surface area (Å²) in [5, 5.41) is 16.3. The number of fused-ring (bicyclic) bond motifs is 3. The highest BCUT2D eigenvalue weighted by Crippen LogP contribution is 2.47. The molecule has 0 bridgehead atoms. The molecule has 53 heavy (non-hydrogen) atoms. The second kappa shape index (κ2) is 14.7. The van der Waals surface area contributed by atoms with Gasteiger partial charge in [-0.05, 0) is 82.4 Å². The molecule has 1 aromatic heterocycles. The zero-order valence-electron chi connectivity index (χ0n) is 30.7. The van der Waals surface area contributed by atoms with Crippen molar-refractivity contribution in [3.63, 3.8) is 0 Å². The van der Waals surface area contributed by atoms with E-state index in [4.69, 9.17) is 14.2 Å². The van der Waals surface area contributed by atoms with Crippen LogP contribution in [-0.4, -0.2) is 96.0 Å². The number of carboxylic acid groups (broad SMARTS) is 1. The molecule has 0 unspecified atom stereocenters. The molecule has 3 fully saturated rings. The van der Waals surface area contributed by atoms with E-state index in [9.17, 15) is 32.7 Å². The lowest BCUT2D eigenvalue weighted by molar-refractivity contribution is -0.142. The smallest absolute Gasteiger partial charge is 0.405 e. The van der Waals surface area contributed by atoms with Crippen LogP contribution < -0.4 is 29.6 Å². The number of amides is 4. The van der Waals surface area contributed by atoms with Crippen molar-refractivity contribution < 1.29 is 46.9 Å². The van der Waals surface area contributed by atoms with E-state index in [1.165, 1.54) is 18.2 Å². The SMILES string of the molecule is CCOc1ccc2c(O[C@@H]3C[C@H]4C(=O)N[C@]5(C(=O)NS(=O)(=O)C6(C)CC6)C[C@H]5/C=C\CC[C@H](C)C[C@@H](C)[C@H](NC(=O)O)C(=O)N4C3)ncc(OC)c2c1. The number of rotatable bonds is 9. The number of nitrogens with one attached hydrogen (secondary N) is 3. The van der Waals surface area contributed by atoms with Crippen LogP contribution in [0.15, 0.2) is 36.5 Å². The van der Waals surface area contributed by atoms with E-state index in [2.05, 4.69) is 20.3 Å². The second-order valence-electron chi connectivity index (χ2n) is 15.2. The van der Waals surface area contributed by atoms with Crippen molar-refractivity contribution >= 4 is 44.6 Å². The van der Waals surface area contributed by atoms with Crippen molar-refractivity contribution in [2.75, 3.05) is 20.3 Å². The molecule has 2 aromatic rings. The number of allylic oxidation sites excluding steroid dienone is 1. The molecule has 4 amide bonds. The van der Waals surface area contributed by atoms with Crippen LogP contribution in [-0.2, 0) is 24.4 Å². The summed E-state index contributed by atoms with van der Waals surface area (Å²) in [6, 6.07) is 3.01. The van der Waals surface area contributed by atoms with Gasteiger partial charge in [0.05, 0.1) is 31.2 Å². The summed E-state index contributed by atoms with van der Waals surface area (Å²) < 4.78 is 45.1. The lowest BCUT2D eigenvalue weighted by atomic mass is 9.88. The molecule has 16 heteroatoms. The molecule has 15 nitrogen and oxygen atoms in total. The zero-order valence-corrected chi connectivity index (χ0v) is 31.5. The molecule has 3 heterocycles. The van der Waals surface area contributed by atoms with Crippen molar-refractivity contribution in [3.8, 4) is 17.4 Å². The van der Waals surface area contributed by atoms with E-state index >= 15 is 0 Å². The number of carbonyl (C=O) groups excluding carboxylic acids is 3. The summed E-state index contributed by atoms with van der Waals surface area (Å²) in [6.07, 6.45) is 6.06. The standard InChI is InChI=1S/C37H49N5O10S/c1-6-51-24-11-12-26-27(16-24)29(50-5)19-38-32(26)52-25-17-28-31(43)40-37(34(45)41-53(48,49)36(4)13-14-36)18-23(37)10-8-7-9-21(2)15-22(3)30(39-35(46)47)33(44)42(28)20-25/h8,10-12,16,19,21-23,25,28,30,39H,6-7,9,13-15,17-18,20H2,1-5H3,(H,40,43)(H,41,45)(H,46,47)/b10-8-/t21-,22+,23+,25+,28-,30-,37+/m0/s1. The molecule has 7 atom stereocenters. The Kier molecular flexibility index (Phi) is 10.6. The molecule has 2 aliphatic carbocycles. The maximum absolute atomic E-state index is 14.4. The Bertz CT molecular complexity index is 1920. The Hall–Kier alpha value is -4.60. The Morgan fingerprint density at radius 2 is 1.91 bits per heavy atom. The largest absolute Gasteiger partial charge is 0.494 e. The van der Waals surface area contributed by atoms with Gasteiger partial charge in [0.15, 0.2) is 0 Å². The van der Waals surface area contributed by atoms with Crippen LogP contribution in [0.3, 0.4) is 0 Å². The van der Waals surface area contributed by atoms with Crippen LogP contribution in [0.5, 0.6) is 17.4 Å². The fourth-order valence-electron chi connectivity index (χ4n) is 7.57. The minimum Gasteiger partial charge on any atom is -0.494 e. The predicted molar refractivity (Wildman–Crippen MR) is 194 cm³/mol. The monoisotopic (exact) mass is 755 g/mol. The number of hydrogen-bond donors (Lipinski definition) is 4. The Morgan fingerprint density at radius 1 is 1.15 bits per heavy atom. The van der Waals surface area contributed by atoms with Gasteiger partial charge in [0.1, 0.15) is 35.2 Å². The Labute approximate surface area is 309 Å². The van der Waals surface area contributed by atoms with Gasteiger partial charge in [-0.3, -0.25) is 19.1 Å². The highest BCUT2D eigenvalue weighted by molar-refractivity contribution is 7.91. The van der Waals surface area contributed by atoms with Crippen molar-refractivity contribution in [1.82, 2.24) is 25.2 Å². The quantitative estimate of drug-likeness (QED) is 0.273. The molecule has 1 saturated heterocycles. The lowest BCUT2D eigenvalue weighted by Crippen LogP contribution is -2.59. The first-order valence-electron chi connectivity index (χ1n) is 18.2. The Balaban J connectivity index is 1.34. The minimum absolute atomic E-state index is 0.0110. The maximum atomic E-state index is 14.4. The number of ether oxygens (including phenoxy) is 3. The van der Waals surface area contributed by atoms with Crippen LogP contribution in [0.25, 0.3) is 10.8 Å². The van der Waals surface area contributed by atoms with Crippen molar-refractivity contribution in [2.24, 2.45) is 17.8 Å². The van der Waals surface area contributed by atoms with Gasteiger partial charge in [-0.15, -0.1) is 0 Å².